The van der Waals surface area contributed by atoms with Crippen LogP contribution in [0.1, 0.15) is 30.4 Å². The Morgan fingerprint density at radius 3 is 2.73 bits per heavy atom. The second-order valence-electron chi connectivity index (χ2n) is 7.62. The van der Waals surface area contributed by atoms with Crippen LogP contribution >= 0.6 is 24.0 Å². The topological polar surface area (TPSA) is 58.3 Å². The van der Waals surface area contributed by atoms with Crippen molar-refractivity contribution in [2.75, 3.05) is 20.1 Å². The second-order valence-corrected chi connectivity index (χ2v) is 7.62. The van der Waals surface area contributed by atoms with E-state index < -0.39 is 0 Å². The van der Waals surface area contributed by atoms with E-state index in [1.165, 1.54) is 5.56 Å². The van der Waals surface area contributed by atoms with E-state index >= 15 is 0 Å². The van der Waals surface area contributed by atoms with Crippen LogP contribution in [0.4, 0.5) is 0 Å². The number of halogens is 1. The Morgan fingerprint density at radius 2 is 2.03 bits per heavy atom. The first-order valence-electron chi connectivity index (χ1n) is 10.2. The van der Waals surface area contributed by atoms with E-state index in [0.29, 0.717) is 18.4 Å². The highest BCUT2D eigenvalue weighted by Crippen LogP contribution is 2.32. The molecule has 1 aliphatic rings. The lowest BCUT2D eigenvalue weighted by Gasteiger charge is -2.39. The van der Waals surface area contributed by atoms with Gasteiger partial charge in [0.1, 0.15) is 12.1 Å². The van der Waals surface area contributed by atoms with Crippen LogP contribution in [0.5, 0.6) is 0 Å². The second kappa shape index (κ2) is 10.6. The van der Waals surface area contributed by atoms with E-state index in [2.05, 4.69) is 68.5 Å². The summed E-state index contributed by atoms with van der Waals surface area (Å²) in [5.74, 6) is 3.03. The zero-order valence-corrected chi connectivity index (χ0v) is 19.8. The Labute approximate surface area is 195 Å². The molecule has 1 aliphatic heterocycles. The molecule has 3 aromatic rings. The lowest BCUT2D eigenvalue weighted by molar-refractivity contribution is 0.234. The number of pyridine rings is 1. The number of nitrogens with one attached hydrogen (secondary N) is 1. The first kappa shape index (κ1) is 22.3. The molecule has 0 amide bonds. The van der Waals surface area contributed by atoms with Crippen molar-refractivity contribution in [1.82, 2.24) is 24.8 Å². The molecule has 30 heavy (non-hydrogen) atoms. The number of likely N-dealkylation sites (tertiary alicyclic amines) is 1. The van der Waals surface area contributed by atoms with E-state index in [4.69, 9.17) is 0 Å². The minimum Gasteiger partial charge on any atom is -0.352 e. The van der Waals surface area contributed by atoms with Gasteiger partial charge >= 0.3 is 0 Å². The predicted molar refractivity (Wildman–Crippen MR) is 132 cm³/mol. The Morgan fingerprint density at radius 1 is 1.20 bits per heavy atom. The highest BCUT2D eigenvalue weighted by Gasteiger charge is 2.28. The van der Waals surface area contributed by atoms with Gasteiger partial charge in [-0.2, -0.15) is 0 Å². The number of guanidine groups is 1. The predicted octanol–water partition coefficient (Wildman–Crippen LogP) is 4.09. The highest BCUT2D eigenvalue weighted by molar-refractivity contribution is 14.0. The first-order valence-corrected chi connectivity index (χ1v) is 10.2. The summed E-state index contributed by atoms with van der Waals surface area (Å²) in [5.41, 5.74) is 2.61. The van der Waals surface area contributed by atoms with Crippen molar-refractivity contribution in [1.29, 1.82) is 0 Å². The van der Waals surface area contributed by atoms with Crippen molar-refractivity contribution >= 4 is 29.9 Å². The molecule has 7 heteroatoms. The zero-order valence-electron chi connectivity index (χ0n) is 17.5. The number of aromatic nitrogens is 3. The average molecular weight is 516 g/mol. The fourth-order valence-electron chi connectivity index (χ4n) is 4.15. The molecule has 0 radical (unpaired) electrons. The fourth-order valence-corrected chi connectivity index (χ4v) is 4.15. The number of hydrogen-bond acceptors (Lipinski definition) is 3. The van der Waals surface area contributed by atoms with Gasteiger partial charge < -0.3 is 10.2 Å². The summed E-state index contributed by atoms with van der Waals surface area (Å²) in [4.78, 5) is 15.4. The molecule has 1 saturated heterocycles. The molecular formula is C23H29IN6. The molecule has 3 heterocycles. The van der Waals surface area contributed by atoms with Gasteiger partial charge in [-0.1, -0.05) is 37.3 Å². The summed E-state index contributed by atoms with van der Waals surface area (Å²) in [6.45, 7) is 5.08. The van der Waals surface area contributed by atoms with Gasteiger partial charge in [0.05, 0.1) is 0 Å². The molecule has 2 atom stereocenters. The number of imidazole rings is 1. The summed E-state index contributed by atoms with van der Waals surface area (Å²) < 4.78 is 1.91. The van der Waals surface area contributed by atoms with Gasteiger partial charge in [0.15, 0.2) is 5.96 Å². The van der Waals surface area contributed by atoms with Gasteiger partial charge in [-0.05, 0) is 41.5 Å². The molecule has 1 N–H and O–H groups in total. The largest absolute Gasteiger partial charge is 0.352 e. The zero-order chi connectivity index (χ0) is 20.1. The van der Waals surface area contributed by atoms with Crippen molar-refractivity contribution in [3.8, 4) is 5.82 Å². The van der Waals surface area contributed by atoms with E-state index in [1.807, 2.05) is 30.1 Å². The molecule has 2 aromatic heterocycles. The first-order chi connectivity index (χ1) is 14.2. The average Bonchev–Trinajstić information content (AvgIpc) is 3.30. The molecule has 0 aliphatic carbocycles. The lowest BCUT2D eigenvalue weighted by Crippen LogP contribution is -2.47. The molecule has 0 spiro atoms. The maximum atomic E-state index is 4.53. The maximum Gasteiger partial charge on any atom is 0.193 e. The van der Waals surface area contributed by atoms with Crippen LogP contribution in [0.3, 0.4) is 0 Å². The third-order valence-corrected chi connectivity index (χ3v) is 5.67. The van der Waals surface area contributed by atoms with Crippen molar-refractivity contribution in [2.45, 2.75) is 25.8 Å². The molecule has 6 nitrogen and oxygen atoms in total. The van der Waals surface area contributed by atoms with Crippen LogP contribution in [0.2, 0.25) is 0 Å². The van der Waals surface area contributed by atoms with Crippen LogP contribution < -0.4 is 5.32 Å². The SMILES string of the molecule is CN=C(NCc1ccnc(-n2ccnc2)c1)N1CCC(c2ccccc2)C(C)C1.I. The van der Waals surface area contributed by atoms with Crippen molar-refractivity contribution in [2.24, 2.45) is 10.9 Å². The van der Waals surface area contributed by atoms with Gasteiger partial charge in [-0.3, -0.25) is 9.56 Å². The van der Waals surface area contributed by atoms with Crippen LogP contribution in [0.15, 0.2) is 72.4 Å². The minimum atomic E-state index is 0. The summed E-state index contributed by atoms with van der Waals surface area (Å²) in [7, 11) is 1.86. The van der Waals surface area contributed by atoms with E-state index in [9.17, 15) is 0 Å². The van der Waals surface area contributed by atoms with Crippen LogP contribution in [0.25, 0.3) is 5.82 Å². The van der Waals surface area contributed by atoms with E-state index in [-0.39, 0.29) is 24.0 Å². The van der Waals surface area contributed by atoms with Crippen LogP contribution in [-0.4, -0.2) is 45.5 Å². The summed E-state index contributed by atoms with van der Waals surface area (Å²) in [5, 5.41) is 3.53. The Balaban J connectivity index is 0.00000256. The van der Waals surface area contributed by atoms with Gasteiger partial charge in [0.25, 0.3) is 0 Å². The van der Waals surface area contributed by atoms with Gasteiger partial charge in [0.2, 0.25) is 0 Å². The van der Waals surface area contributed by atoms with Gasteiger partial charge in [-0.25, -0.2) is 9.97 Å². The summed E-state index contributed by atoms with van der Waals surface area (Å²) >= 11 is 0. The fraction of sp³-hybridized carbons (Fsp3) is 0.348. The summed E-state index contributed by atoms with van der Waals surface area (Å²) in [6, 6.07) is 15.0. The Bertz CT molecular complexity index is 941. The molecule has 158 valence electrons. The molecule has 0 saturated carbocycles. The van der Waals surface area contributed by atoms with E-state index in [0.717, 1.165) is 36.9 Å². The molecule has 1 fully saturated rings. The van der Waals surface area contributed by atoms with Crippen molar-refractivity contribution < 1.29 is 0 Å². The normalized spacial score (nSPS) is 19.3. The molecule has 4 rings (SSSR count). The van der Waals surface area contributed by atoms with Crippen molar-refractivity contribution in [3.05, 3.63) is 78.5 Å². The highest BCUT2D eigenvalue weighted by atomic mass is 127. The van der Waals surface area contributed by atoms with Gasteiger partial charge in [0, 0.05) is 45.3 Å². The number of hydrogen-bond donors (Lipinski definition) is 1. The van der Waals surface area contributed by atoms with Crippen molar-refractivity contribution in [3.63, 3.8) is 0 Å². The third-order valence-electron chi connectivity index (χ3n) is 5.67. The standard InChI is InChI=1S/C23H28N6.HI/c1-18-16-28(12-9-21(18)20-6-4-3-5-7-20)23(24-2)27-15-19-8-10-26-22(14-19)29-13-11-25-17-29;/h3-8,10-11,13-14,17-18,21H,9,12,15-16H2,1-2H3,(H,24,27);1H. The third kappa shape index (κ3) is 5.19. The number of benzene rings is 1. The quantitative estimate of drug-likeness (QED) is 0.323. The Kier molecular flexibility index (Phi) is 7.84. The smallest absolute Gasteiger partial charge is 0.193 e. The van der Waals surface area contributed by atoms with Gasteiger partial charge in [-0.15, -0.1) is 24.0 Å². The molecule has 0 bridgehead atoms. The molecule has 2 unspecified atom stereocenters. The molecule has 1 aromatic carbocycles. The maximum absolute atomic E-state index is 4.53. The number of aliphatic imine (C=N–C) groups is 1. The van der Waals surface area contributed by atoms with Crippen LogP contribution in [-0.2, 0) is 6.54 Å². The number of nitrogens with zero attached hydrogens (tertiary/aromatic N) is 5. The monoisotopic (exact) mass is 516 g/mol. The number of rotatable bonds is 4. The lowest BCUT2D eigenvalue weighted by atomic mass is 9.82. The molecular weight excluding hydrogens is 487 g/mol. The van der Waals surface area contributed by atoms with E-state index in [1.54, 1.807) is 12.5 Å². The summed E-state index contributed by atoms with van der Waals surface area (Å²) in [6.07, 6.45) is 8.40. The van der Waals surface area contributed by atoms with Crippen LogP contribution in [0, 0.1) is 5.92 Å². The number of piperidine rings is 1. The Hall–Kier alpha value is -2.42. The minimum absolute atomic E-state index is 0.